The van der Waals surface area contributed by atoms with E-state index in [2.05, 4.69) is 15.0 Å². The number of nitrogens with one attached hydrogen (secondary N) is 1. The quantitative estimate of drug-likeness (QED) is 0.764. The second kappa shape index (κ2) is 4.77. The van der Waals surface area contributed by atoms with Gasteiger partial charge >= 0.3 is 5.97 Å². The summed E-state index contributed by atoms with van der Waals surface area (Å²) in [5.41, 5.74) is 4.22. The normalized spacial score (nSPS) is 10.8. The highest BCUT2D eigenvalue weighted by Crippen LogP contribution is 2.30. The average molecular weight is 267 g/mol. The number of aliphatic carboxylic acids is 1. The van der Waals surface area contributed by atoms with Crippen molar-refractivity contribution in [1.82, 2.24) is 15.0 Å². The molecule has 0 unspecified atom stereocenters. The van der Waals surface area contributed by atoms with Crippen LogP contribution in [-0.2, 0) is 11.2 Å². The fraction of sp³-hybridized carbons (Fsp3) is 0.133. The number of hydrogen-bond acceptors (Lipinski definition) is 3. The maximum atomic E-state index is 11.0. The van der Waals surface area contributed by atoms with E-state index >= 15 is 0 Å². The minimum absolute atomic E-state index is 0.0494. The van der Waals surface area contributed by atoms with Gasteiger partial charge in [0.1, 0.15) is 12.0 Å². The number of benzene rings is 1. The number of fused-ring (bicyclic) bond motifs is 1. The molecule has 0 aliphatic rings. The molecule has 1 aromatic carbocycles. The molecule has 0 spiro atoms. The Balaban J connectivity index is 2.28. The third-order valence-electron chi connectivity index (χ3n) is 3.29. The van der Waals surface area contributed by atoms with Crippen LogP contribution in [0.2, 0.25) is 0 Å². The Labute approximate surface area is 115 Å². The van der Waals surface area contributed by atoms with Crippen LogP contribution in [0.15, 0.2) is 36.8 Å². The Morgan fingerprint density at radius 3 is 2.85 bits per heavy atom. The number of aromatic nitrogens is 3. The van der Waals surface area contributed by atoms with Crippen LogP contribution in [0, 0.1) is 6.92 Å². The van der Waals surface area contributed by atoms with E-state index in [-0.39, 0.29) is 6.42 Å². The summed E-state index contributed by atoms with van der Waals surface area (Å²) in [5, 5.41) is 9.79. The van der Waals surface area contributed by atoms with Crippen molar-refractivity contribution < 1.29 is 9.90 Å². The lowest BCUT2D eigenvalue weighted by Crippen LogP contribution is -2.00. The van der Waals surface area contributed by atoms with Gasteiger partial charge in [0.05, 0.1) is 12.1 Å². The minimum atomic E-state index is -0.870. The summed E-state index contributed by atoms with van der Waals surface area (Å²) in [6.45, 7) is 2.01. The maximum absolute atomic E-state index is 11.0. The lowest BCUT2D eigenvalue weighted by molar-refractivity contribution is -0.136. The van der Waals surface area contributed by atoms with Crippen LogP contribution in [0.3, 0.4) is 0 Å². The molecule has 0 saturated heterocycles. The molecule has 2 N–H and O–H groups in total. The topological polar surface area (TPSA) is 78.9 Å². The van der Waals surface area contributed by atoms with E-state index in [4.69, 9.17) is 5.11 Å². The molecule has 5 heteroatoms. The SMILES string of the molecule is Cc1ccccc1-c1ncnc2[nH]cc(CC(=O)O)c12. The molecule has 0 aliphatic heterocycles. The monoisotopic (exact) mass is 267 g/mol. The van der Waals surface area contributed by atoms with E-state index in [9.17, 15) is 4.79 Å². The molecule has 0 fully saturated rings. The number of H-pyrrole nitrogens is 1. The number of aromatic amines is 1. The second-order valence-electron chi connectivity index (χ2n) is 4.65. The highest BCUT2D eigenvalue weighted by molar-refractivity contribution is 5.95. The molecule has 3 aromatic rings. The Kier molecular flexibility index (Phi) is 2.95. The van der Waals surface area contributed by atoms with Crippen LogP contribution in [0.4, 0.5) is 0 Å². The number of carboxylic acids is 1. The zero-order valence-corrected chi connectivity index (χ0v) is 10.9. The van der Waals surface area contributed by atoms with Crippen LogP contribution in [0.5, 0.6) is 0 Å². The summed E-state index contributed by atoms with van der Waals surface area (Å²) in [6.07, 6.45) is 3.13. The zero-order chi connectivity index (χ0) is 14.1. The number of hydrogen-bond donors (Lipinski definition) is 2. The number of carboxylic acid groups (broad SMARTS) is 1. The first-order chi connectivity index (χ1) is 9.66. The van der Waals surface area contributed by atoms with Crippen LogP contribution < -0.4 is 0 Å². The van der Waals surface area contributed by atoms with Gasteiger partial charge in [0.25, 0.3) is 0 Å². The third kappa shape index (κ3) is 2.03. The van der Waals surface area contributed by atoms with E-state index in [1.807, 2.05) is 31.2 Å². The van der Waals surface area contributed by atoms with E-state index < -0.39 is 5.97 Å². The van der Waals surface area contributed by atoms with Crippen LogP contribution >= 0.6 is 0 Å². The molecule has 5 nitrogen and oxygen atoms in total. The van der Waals surface area contributed by atoms with Crippen molar-refractivity contribution in [3.8, 4) is 11.3 Å². The van der Waals surface area contributed by atoms with Crippen LogP contribution in [0.1, 0.15) is 11.1 Å². The van der Waals surface area contributed by atoms with Gasteiger partial charge in [-0.15, -0.1) is 0 Å². The predicted octanol–water partition coefficient (Wildman–Crippen LogP) is 2.56. The summed E-state index contributed by atoms with van der Waals surface area (Å²) in [5.74, 6) is -0.870. The molecule has 0 bridgehead atoms. The lowest BCUT2D eigenvalue weighted by Gasteiger charge is -2.07. The smallest absolute Gasteiger partial charge is 0.307 e. The van der Waals surface area contributed by atoms with Gasteiger partial charge in [-0.1, -0.05) is 24.3 Å². The molecule has 2 heterocycles. The average Bonchev–Trinajstić information content (AvgIpc) is 2.82. The zero-order valence-electron chi connectivity index (χ0n) is 10.9. The molecular formula is C15H13N3O2. The summed E-state index contributed by atoms with van der Waals surface area (Å²) in [6, 6.07) is 7.90. The third-order valence-corrected chi connectivity index (χ3v) is 3.29. The second-order valence-corrected chi connectivity index (χ2v) is 4.65. The van der Waals surface area contributed by atoms with Crippen molar-refractivity contribution in [3.63, 3.8) is 0 Å². The first-order valence-electron chi connectivity index (χ1n) is 6.25. The van der Waals surface area contributed by atoms with Crippen LogP contribution in [0.25, 0.3) is 22.3 Å². The number of nitrogens with zero attached hydrogens (tertiary/aromatic N) is 2. The van der Waals surface area contributed by atoms with Crippen molar-refractivity contribution in [2.45, 2.75) is 13.3 Å². The van der Waals surface area contributed by atoms with Gasteiger partial charge in [0, 0.05) is 17.1 Å². The summed E-state index contributed by atoms with van der Waals surface area (Å²) in [4.78, 5) is 22.5. The highest BCUT2D eigenvalue weighted by atomic mass is 16.4. The first kappa shape index (κ1) is 12.3. The molecule has 2 aromatic heterocycles. The van der Waals surface area contributed by atoms with E-state index in [1.54, 1.807) is 6.20 Å². The lowest BCUT2D eigenvalue weighted by atomic mass is 10.0. The highest BCUT2D eigenvalue weighted by Gasteiger charge is 2.15. The van der Waals surface area contributed by atoms with Gasteiger partial charge in [-0.2, -0.15) is 0 Å². The molecule has 20 heavy (non-hydrogen) atoms. The molecule has 0 radical (unpaired) electrons. The largest absolute Gasteiger partial charge is 0.481 e. The minimum Gasteiger partial charge on any atom is -0.481 e. The molecule has 0 saturated carbocycles. The molecule has 0 amide bonds. The van der Waals surface area contributed by atoms with Crippen molar-refractivity contribution >= 4 is 17.0 Å². The molecule has 0 aliphatic carbocycles. The molecule has 0 atom stereocenters. The summed E-state index contributed by atoms with van der Waals surface area (Å²) >= 11 is 0. The van der Waals surface area contributed by atoms with Crippen molar-refractivity contribution in [2.75, 3.05) is 0 Å². The molecular weight excluding hydrogens is 254 g/mol. The summed E-state index contributed by atoms with van der Waals surface area (Å²) in [7, 11) is 0. The van der Waals surface area contributed by atoms with Gasteiger partial charge in [0.15, 0.2) is 0 Å². The standard InChI is InChI=1S/C15H13N3O2/c1-9-4-2-3-5-11(9)14-13-10(6-12(19)20)7-16-15(13)18-8-17-14/h2-5,7-8H,6H2,1H3,(H,19,20)(H,16,17,18). The van der Waals surface area contributed by atoms with E-state index in [0.29, 0.717) is 11.2 Å². The van der Waals surface area contributed by atoms with Crippen LogP contribution in [-0.4, -0.2) is 26.0 Å². The summed E-state index contributed by atoms with van der Waals surface area (Å²) < 4.78 is 0. The fourth-order valence-electron chi connectivity index (χ4n) is 2.37. The van der Waals surface area contributed by atoms with Gasteiger partial charge < -0.3 is 10.1 Å². The van der Waals surface area contributed by atoms with Gasteiger partial charge in [0.2, 0.25) is 0 Å². The Morgan fingerprint density at radius 1 is 1.30 bits per heavy atom. The van der Waals surface area contributed by atoms with Crippen molar-refractivity contribution in [3.05, 3.63) is 47.9 Å². The molecule has 3 rings (SSSR count). The Bertz CT molecular complexity index is 793. The van der Waals surface area contributed by atoms with Gasteiger partial charge in [-0.05, 0) is 18.1 Å². The first-order valence-corrected chi connectivity index (χ1v) is 6.25. The predicted molar refractivity (Wildman–Crippen MR) is 75.4 cm³/mol. The van der Waals surface area contributed by atoms with Crippen molar-refractivity contribution in [2.24, 2.45) is 0 Å². The number of carbonyl (C=O) groups is 1. The van der Waals surface area contributed by atoms with Gasteiger partial charge in [-0.25, -0.2) is 9.97 Å². The van der Waals surface area contributed by atoms with Crippen molar-refractivity contribution in [1.29, 1.82) is 0 Å². The van der Waals surface area contributed by atoms with Gasteiger partial charge in [-0.3, -0.25) is 4.79 Å². The molecule has 100 valence electrons. The number of aryl methyl sites for hydroxylation is 1. The number of rotatable bonds is 3. The van der Waals surface area contributed by atoms with E-state index in [0.717, 1.165) is 22.2 Å². The maximum Gasteiger partial charge on any atom is 0.307 e. The Hall–Kier alpha value is -2.69. The fourth-order valence-corrected chi connectivity index (χ4v) is 2.37. The van der Waals surface area contributed by atoms with E-state index in [1.165, 1.54) is 6.33 Å². The Morgan fingerprint density at radius 2 is 2.10 bits per heavy atom.